The van der Waals surface area contributed by atoms with E-state index in [-0.39, 0.29) is 24.9 Å². The number of rotatable bonds is 3. The van der Waals surface area contributed by atoms with E-state index in [0.29, 0.717) is 0 Å². The quantitative estimate of drug-likeness (QED) is 0.847. The van der Waals surface area contributed by atoms with Crippen molar-refractivity contribution in [3.05, 3.63) is 29.3 Å². The Hall–Kier alpha value is -0.835. The molecule has 0 radical (unpaired) electrons. The predicted molar refractivity (Wildman–Crippen MR) is 77.5 cm³/mol. The number of aliphatic hydroxyl groups excluding tert-OH is 1. The van der Waals surface area contributed by atoms with Gasteiger partial charge in [0.1, 0.15) is 0 Å². The highest BCUT2D eigenvalue weighted by Gasteiger charge is 2.51. The molecular weight excluding hydrogens is 239 g/mol. The van der Waals surface area contributed by atoms with Gasteiger partial charge in [-0.05, 0) is 50.7 Å². The van der Waals surface area contributed by atoms with Gasteiger partial charge < -0.3 is 14.4 Å². The van der Waals surface area contributed by atoms with Crippen LogP contribution in [0.15, 0.2) is 18.2 Å². The fraction of sp³-hybridized carbons (Fsp3) is 0.600. The summed E-state index contributed by atoms with van der Waals surface area (Å²) in [5.74, 6) is 0. The van der Waals surface area contributed by atoms with Crippen molar-refractivity contribution in [2.45, 2.75) is 58.8 Å². The topological polar surface area (TPSA) is 38.7 Å². The molecule has 1 fully saturated rings. The van der Waals surface area contributed by atoms with Gasteiger partial charge >= 0.3 is 7.12 Å². The average Bonchev–Trinajstić information content (AvgIpc) is 2.57. The molecule has 3 nitrogen and oxygen atoms in total. The van der Waals surface area contributed by atoms with E-state index in [0.717, 1.165) is 23.0 Å². The molecule has 0 unspecified atom stereocenters. The summed E-state index contributed by atoms with van der Waals surface area (Å²) >= 11 is 0. The van der Waals surface area contributed by atoms with E-state index in [1.807, 2.05) is 12.1 Å². The molecular formula is C15H23BO3. The van der Waals surface area contributed by atoms with E-state index in [1.165, 1.54) is 0 Å². The molecule has 0 aromatic heterocycles. The number of hydrogen-bond donors (Lipinski definition) is 1. The number of benzene rings is 1. The Labute approximate surface area is 116 Å². The van der Waals surface area contributed by atoms with Crippen molar-refractivity contribution in [2.75, 3.05) is 0 Å². The van der Waals surface area contributed by atoms with Crippen LogP contribution < -0.4 is 5.46 Å². The van der Waals surface area contributed by atoms with Crippen molar-refractivity contribution >= 4 is 12.6 Å². The van der Waals surface area contributed by atoms with Crippen LogP contribution in [0.5, 0.6) is 0 Å². The Kier molecular flexibility index (Phi) is 3.78. The Morgan fingerprint density at radius 3 is 2.11 bits per heavy atom. The molecule has 1 N–H and O–H groups in total. The second-order valence-corrected chi connectivity index (χ2v) is 6.13. The summed E-state index contributed by atoms with van der Waals surface area (Å²) in [6.45, 7) is 10.4. The third-order valence-corrected chi connectivity index (χ3v) is 4.31. The molecule has 0 saturated carbocycles. The fourth-order valence-corrected chi connectivity index (χ4v) is 2.25. The lowest BCUT2D eigenvalue weighted by atomic mass is 9.77. The van der Waals surface area contributed by atoms with Crippen LogP contribution >= 0.6 is 0 Å². The standard InChI is InChI=1S/C15H23BO3/c1-6-11-9-13(8-7-12(11)10-17)16-18-14(2,3)15(4,5)19-16/h7-9,17H,6,10H2,1-5H3. The molecule has 1 aromatic carbocycles. The van der Waals surface area contributed by atoms with E-state index >= 15 is 0 Å². The van der Waals surface area contributed by atoms with Crippen LogP contribution in [0.25, 0.3) is 0 Å². The van der Waals surface area contributed by atoms with Gasteiger partial charge in [-0.3, -0.25) is 0 Å². The lowest BCUT2D eigenvalue weighted by Gasteiger charge is -2.32. The molecule has 0 aliphatic carbocycles. The minimum Gasteiger partial charge on any atom is -0.399 e. The van der Waals surface area contributed by atoms with Gasteiger partial charge in [-0.25, -0.2) is 0 Å². The largest absolute Gasteiger partial charge is 0.494 e. The van der Waals surface area contributed by atoms with Crippen molar-refractivity contribution < 1.29 is 14.4 Å². The molecule has 104 valence electrons. The van der Waals surface area contributed by atoms with Crippen molar-refractivity contribution in [1.82, 2.24) is 0 Å². The smallest absolute Gasteiger partial charge is 0.399 e. The maximum Gasteiger partial charge on any atom is 0.494 e. The van der Waals surface area contributed by atoms with Crippen LogP contribution in [0.2, 0.25) is 0 Å². The zero-order valence-electron chi connectivity index (χ0n) is 12.5. The molecule has 2 rings (SSSR count). The zero-order chi connectivity index (χ0) is 14.3. The van der Waals surface area contributed by atoms with Crippen LogP contribution in [-0.2, 0) is 22.3 Å². The highest BCUT2D eigenvalue weighted by atomic mass is 16.7. The zero-order valence-corrected chi connectivity index (χ0v) is 12.5. The third-order valence-electron chi connectivity index (χ3n) is 4.31. The second-order valence-electron chi connectivity index (χ2n) is 6.13. The van der Waals surface area contributed by atoms with Crippen LogP contribution in [0.3, 0.4) is 0 Å². The van der Waals surface area contributed by atoms with Crippen LogP contribution in [0.4, 0.5) is 0 Å². The van der Waals surface area contributed by atoms with Crippen molar-refractivity contribution in [3.8, 4) is 0 Å². The van der Waals surface area contributed by atoms with Crippen LogP contribution in [-0.4, -0.2) is 23.4 Å². The van der Waals surface area contributed by atoms with Gasteiger partial charge in [0.05, 0.1) is 17.8 Å². The molecule has 4 heteroatoms. The SMILES string of the molecule is CCc1cc(B2OC(C)(C)C(C)(C)O2)ccc1CO. The maximum absolute atomic E-state index is 9.31. The van der Waals surface area contributed by atoms with Gasteiger partial charge in [0, 0.05) is 0 Å². The molecule has 0 spiro atoms. The molecule has 1 heterocycles. The van der Waals surface area contributed by atoms with Gasteiger partial charge in [-0.1, -0.05) is 25.1 Å². The fourth-order valence-electron chi connectivity index (χ4n) is 2.25. The van der Waals surface area contributed by atoms with Gasteiger partial charge in [-0.15, -0.1) is 0 Å². The van der Waals surface area contributed by atoms with E-state index in [9.17, 15) is 5.11 Å². The van der Waals surface area contributed by atoms with E-state index in [4.69, 9.17) is 9.31 Å². The summed E-state index contributed by atoms with van der Waals surface area (Å²) in [6.07, 6.45) is 0.892. The summed E-state index contributed by atoms with van der Waals surface area (Å²) in [7, 11) is -0.331. The Bertz CT molecular complexity index is 452. The van der Waals surface area contributed by atoms with E-state index < -0.39 is 0 Å². The summed E-state index contributed by atoms with van der Waals surface area (Å²) in [6, 6.07) is 6.01. The predicted octanol–water partition coefficient (Wildman–Crippen LogP) is 2.04. The van der Waals surface area contributed by atoms with Gasteiger partial charge in [-0.2, -0.15) is 0 Å². The minimum absolute atomic E-state index is 0.0762. The molecule has 0 amide bonds. The summed E-state index contributed by atoms with van der Waals surface area (Å²) in [5, 5.41) is 9.31. The highest BCUT2D eigenvalue weighted by molar-refractivity contribution is 6.62. The first-order chi connectivity index (χ1) is 8.80. The van der Waals surface area contributed by atoms with Crippen LogP contribution in [0, 0.1) is 0 Å². The van der Waals surface area contributed by atoms with E-state index in [2.05, 4.69) is 40.7 Å². The second kappa shape index (κ2) is 4.93. The van der Waals surface area contributed by atoms with Gasteiger partial charge in [0.2, 0.25) is 0 Å². The summed E-state index contributed by atoms with van der Waals surface area (Å²) < 4.78 is 12.1. The normalized spacial score (nSPS) is 20.8. The monoisotopic (exact) mass is 262 g/mol. The first-order valence-corrected chi connectivity index (χ1v) is 6.89. The number of aryl methyl sites for hydroxylation is 1. The third kappa shape index (κ3) is 2.57. The molecule has 0 atom stereocenters. The molecule has 19 heavy (non-hydrogen) atoms. The lowest BCUT2D eigenvalue weighted by molar-refractivity contribution is 0.00578. The first kappa shape index (κ1) is 14.6. The van der Waals surface area contributed by atoms with Crippen molar-refractivity contribution in [3.63, 3.8) is 0 Å². The number of hydrogen-bond acceptors (Lipinski definition) is 3. The Morgan fingerprint density at radius 1 is 1.05 bits per heavy atom. The van der Waals surface area contributed by atoms with Crippen LogP contribution in [0.1, 0.15) is 45.7 Å². The number of aliphatic hydroxyl groups is 1. The molecule has 1 aliphatic heterocycles. The van der Waals surface area contributed by atoms with E-state index in [1.54, 1.807) is 0 Å². The molecule has 1 aliphatic rings. The highest BCUT2D eigenvalue weighted by Crippen LogP contribution is 2.36. The molecule has 1 saturated heterocycles. The molecule has 1 aromatic rings. The average molecular weight is 262 g/mol. The molecule has 0 bridgehead atoms. The minimum atomic E-state index is -0.331. The Balaban J connectivity index is 2.30. The summed E-state index contributed by atoms with van der Waals surface area (Å²) in [4.78, 5) is 0. The lowest BCUT2D eigenvalue weighted by Crippen LogP contribution is -2.41. The van der Waals surface area contributed by atoms with Gasteiger partial charge in [0.25, 0.3) is 0 Å². The summed E-state index contributed by atoms with van der Waals surface area (Å²) in [5.41, 5.74) is 2.50. The Morgan fingerprint density at radius 2 is 1.63 bits per heavy atom. The van der Waals surface area contributed by atoms with Crippen molar-refractivity contribution in [2.24, 2.45) is 0 Å². The first-order valence-electron chi connectivity index (χ1n) is 6.89. The van der Waals surface area contributed by atoms with Gasteiger partial charge in [0.15, 0.2) is 0 Å². The van der Waals surface area contributed by atoms with Crippen molar-refractivity contribution in [1.29, 1.82) is 0 Å². The maximum atomic E-state index is 9.31.